The first-order valence-corrected chi connectivity index (χ1v) is 8.46. The van der Waals surface area contributed by atoms with Crippen LogP contribution in [0.4, 0.5) is 10.1 Å². The molecule has 3 unspecified atom stereocenters. The first-order chi connectivity index (χ1) is 10.1. The van der Waals surface area contributed by atoms with Crippen molar-refractivity contribution in [3.8, 4) is 0 Å². The second-order valence-corrected chi connectivity index (χ2v) is 6.90. The third-order valence-electron chi connectivity index (χ3n) is 5.14. The molecule has 1 aliphatic heterocycles. The minimum absolute atomic E-state index is 0.0671. The Labute approximate surface area is 127 Å². The van der Waals surface area contributed by atoms with Gasteiger partial charge in [-0.3, -0.25) is 0 Å². The summed E-state index contributed by atoms with van der Waals surface area (Å²) in [4.78, 5) is 2.56. The van der Waals surface area contributed by atoms with Gasteiger partial charge in [0.05, 0.1) is 0 Å². The monoisotopic (exact) mass is 290 g/mol. The molecule has 1 aromatic rings. The van der Waals surface area contributed by atoms with Gasteiger partial charge in [-0.1, -0.05) is 12.8 Å². The summed E-state index contributed by atoms with van der Waals surface area (Å²) in [6.45, 7) is 3.10. The van der Waals surface area contributed by atoms with Gasteiger partial charge in [-0.05, 0) is 68.7 Å². The summed E-state index contributed by atoms with van der Waals surface area (Å²) < 4.78 is 13.6. The highest BCUT2D eigenvalue weighted by Gasteiger charge is 2.34. The van der Waals surface area contributed by atoms with Crippen molar-refractivity contribution in [3.63, 3.8) is 0 Å². The Morgan fingerprint density at radius 2 is 2.00 bits per heavy atom. The lowest BCUT2D eigenvalue weighted by Gasteiger charge is -2.46. The van der Waals surface area contributed by atoms with Crippen molar-refractivity contribution in [2.75, 3.05) is 11.4 Å². The third-order valence-corrected chi connectivity index (χ3v) is 5.14. The van der Waals surface area contributed by atoms with E-state index < -0.39 is 0 Å². The highest BCUT2D eigenvalue weighted by molar-refractivity contribution is 5.55. The minimum atomic E-state index is -0.147. The Kier molecular flexibility index (Phi) is 4.48. The molecule has 2 aliphatic rings. The number of nitrogens with zero attached hydrogens (tertiary/aromatic N) is 1. The maximum Gasteiger partial charge on any atom is 0.123 e. The molecule has 1 aromatic carbocycles. The predicted molar refractivity (Wildman–Crippen MR) is 86.1 cm³/mol. The summed E-state index contributed by atoms with van der Waals surface area (Å²) in [5, 5.41) is 0. The van der Waals surface area contributed by atoms with Gasteiger partial charge in [0.1, 0.15) is 5.82 Å². The molecule has 2 nitrogen and oxygen atoms in total. The molecule has 3 atom stereocenters. The average Bonchev–Trinajstić information content (AvgIpc) is 2.46. The lowest BCUT2D eigenvalue weighted by Crippen LogP contribution is -2.47. The summed E-state index contributed by atoms with van der Waals surface area (Å²) >= 11 is 0. The van der Waals surface area contributed by atoms with Crippen molar-refractivity contribution >= 4 is 5.69 Å². The zero-order valence-electron chi connectivity index (χ0n) is 13.0. The second-order valence-electron chi connectivity index (χ2n) is 6.90. The number of rotatable bonds is 3. The Morgan fingerprint density at radius 3 is 2.81 bits per heavy atom. The number of fused-ring (bicyclic) bond motifs is 1. The fourth-order valence-corrected chi connectivity index (χ4v) is 4.27. The van der Waals surface area contributed by atoms with E-state index in [-0.39, 0.29) is 11.9 Å². The molecule has 0 radical (unpaired) electrons. The lowest BCUT2D eigenvalue weighted by atomic mass is 9.78. The van der Waals surface area contributed by atoms with E-state index >= 15 is 0 Å². The van der Waals surface area contributed by atoms with Gasteiger partial charge in [-0.2, -0.15) is 0 Å². The number of benzene rings is 1. The zero-order chi connectivity index (χ0) is 14.8. The van der Waals surface area contributed by atoms with Crippen LogP contribution in [0.3, 0.4) is 0 Å². The SMILES string of the molecule is CC(N)Cc1cc(F)ccc1N1CCCC2CCCCC21. The molecule has 116 valence electrons. The molecule has 3 rings (SSSR count). The largest absolute Gasteiger partial charge is 0.368 e. The fraction of sp³-hybridized carbons (Fsp3) is 0.667. The summed E-state index contributed by atoms with van der Waals surface area (Å²) in [6.07, 6.45) is 8.75. The number of piperidine rings is 1. The fourth-order valence-electron chi connectivity index (χ4n) is 4.27. The zero-order valence-corrected chi connectivity index (χ0v) is 13.0. The molecule has 2 fully saturated rings. The van der Waals surface area contributed by atoms with Crippen LogP contribution in [0.1, 0.15) is 51.0 Å². The first-order valence-electron chi connectivity index (χ1n) is 8.46. The van der Waals surface area contributed by atoms with E-state index in [2.05, 4.69) is 4.90 Å². The van der Waals surface area contributed by atoms with Crippen LogP contribution in [0.15, 0.2) is 18.2 Å². The van der Waals surface area contributed by atoms with Gasteiger partial charge in [-0.15, -0.1) is 0 Å². The predicted octanol–water partition coefficient (Wildman–Crippen LogP) is 3.87. The molecule has 0 bridgehead atoms. The summed E-state index contributed by atoms with van der Waals surface area (Å²) in [7, 11) is 0. The molecule has 1 saturated carbocycles. The van der Waals surface area contributed by atoms with E-state index in [1.165, 1.54) is 44.2 Å². The quantitative estimate of drug-likeness (QED) is 0.915. The van der Waals surface area contributed by atoms with Crippen molar-refractivity contribution in [3.05, 3.63) is 29.6 Å². The van der Waals surface area contributed by atoms with E-state index in [1.54, 1.807) is 12.1 Å². The molecule has 0 spiro atoms. The van der Waals surface area contributed by atoms with E-state index in [4.69, 9.17) is 5.73 Å². The smallest absolute Gasteiger partial charge is 0.123 e. The molecule has 21 heavy (non-hydrogen) atoms. The van der Waals surface area contributed by atoms with Crippen LogP contribution in [0.2, 0.25) is 0 Å². The van der Waals surface area contributed by atoms with Gasteiger partial charge < -0.3 is 10.6 Å². The topological polar surface area (TPSA) is 29.3 Å². The number of hydrogen-bond donors (Lipinski definition) is 1. The van der Waals surface area contributed by atoms with Gasteiger partial charge in [0.15, 0.2) is 0 Å². The molecule has 3 heteroatoms. The second kappa shape index (κ2) is 6.35. The molecule has 0 amide bonds. The average molecular weight is 290 g/mol. The van der Waals surface area contributed by atoms with Crippen LogP contribution in [0, 0.1) is 11.7 Å². The van der Waals surface area contributed by atoms with E-state index in [1.807, 2.05) is 13.0 Å². The van der Waals surface area contributed by atoms with Crippen molar-refractivity contribution in [1.29, 1.82) is 0 Å². The van der Waals surface area contributed by atoms with E-state index in [9.17, 15) is 4.39 Å². The van der Waals surface area contributed by atoms with Gasteiger partial charge in [0.2, 0.25) is 0 Å². The van der Waals surface area contributed by atoms with Crippen LogP contribution in [0.5, 0.6) is 0 Å². The van der Waals surface area contributed by atoms with Crippen LogP contribution in [0.25, 0.3) is 0 Å². The molecule has 2 N–H and O–H groups in total. The van der Waals surface area contributed by atoms with Crippen molar-refractivity contribution in [2.24, 2.45) is 11.7 Å². The maximum absolute atomic E-state index is 13.6. The van der Waals surface area contributed by atoms with Crippen molar-refractivity contribution in [1.82, 2.24) is 0 Å². The highest BCUT2D eigenvalue weighted by Crippen LogP contribution is 2.39. The van der Waals surface area contributed by atoms with E-state index in [0.717, 1.165) is 24.4 Å². The number of nitrogens with two attached hydrogens (primary N) is 1. The normalized spacial score (nSPS) is 27.3. The third kappa shape index (κ3) is 3.23. The van der Waals surface area contributed by atoms with Gasteiger partial charge >= 0.3 is 0 Å². The number of hydrogen-bond acceptors (Lipinski definition) is 2. The van der Waals surface area contributed by atoms with Crippen LogP contribution >= 0.6 is 0 Å². The molecule has 0 aromatic heterocycles. The van der Waals surface area contributed by atoms with Crippen molar-refractivity contribution in [2.45, 2.75) is 64.0 Å². The Morgan fingerprint density at radius 1 is 1.24 bits per heavy atom. The summed E-state index contributed by atoms with van der Waals surface area (Å²) in [5.74, 6) is 0.687. The molecule has 1 aliphatic carbocycles. The van der Waals surface area contributed by atoms with Crippen molar-refractivity contribution < 1.29 is 4.39 Å². The molecular weight excluding hydrogens is 263 g/mol. The van der Waals surface area contributed by atoms with Crippen LogP contribution in [-0.4, -0.2) is 18.6 Å². The summed E-state index contributed by atoms with van der Waals surface area (Å²) in [5.41, 5.74) is 8.27. The molecule has 1 heterocycles. The highest BCUT2D eigenvalue weighted by atomic mass is 19.1. The first kappa shape index (κ1) is 14.8. The minimum Gasteiger partial charge on any atom is -0.368 e. The Hall–Kier alpha value is -1.09. The van der Waals surface area contributed by atoms with Gasteiger partial charge in [-0.25, -0.2) is 4.39 Å². The Bertz CT molecular complexity index is 484. The van der Waals surface area contributed by atoms with E-state index in [0.29, 0.717) is 6.04 Å². The molecule has 1 saturated heterocycles. The van der Waals surface area contributed by atoms with Crippen LogP contribution < -0.4 is 10.6 Å². The number of anilines is 1. The molecular formula is C18H27FN2. The Balaban J connectivity index is 1.90. The number of halogens is 1. The standard InChI is InChI=1S/C18H27FN2/c1-13(20)11-15-12-16(19)8-9-18(15)21-10-4-6-14-5-2-3-7-17(14)21/h8-9,12-14,17H,2-7,10-11,20H2,1H3. The van der Waals surface area contributed by atoms with Gasteiger partial charge in [0, 0.05) is 24.3 Å². The maximum atomic E-state index is 13.6. The lowest BCUT2D eigenvalue weighted by molar-refractivity contribution is 0.243. The summed E-state index contributed by atoms with van der Waals surface area (Å²) in [6, 6.07) is 5.99. The van der Waals surface area contributed by atoms with Crippen LogP contribution in [-0.2, 0) is 6.42 Å². The van der Waals surface area contributed by atoms with Gasteiger partial charge in [0.25, 0.3) is 0 Å².